The molecule has 0 aromatic carbocycles. The Kier molecular flexibility index (Phi) is 17.1. The Hall–Kier alpha value is -0.520. The van der Waals surface area contributed by atoms with E-state index < -0.39 is 0 Å². The zero-order valence-corrected chi connectivity index (χ0v) is 15.1. The van der Waals surface area contributed by atoms with Crippen molar-refractivity contribution < 1.29 is 0 Å². The van der Waals surface area contributed by atoms with E-state index in [0.717, 1.165) is 0 Å². The molecule has 0 atom stereocenters. The van der Waals surface area contributed by atoms with Crippen LogP contribution in [0.25, 0.3) is 0 Å². The fraction of sp³-hybridized carbons (Fsp3) is 0.810. The minimum absolute atomic E-state index is 1.28. The van der Waals surface area contributed by atoms with Gasteiger partial charge in [-0.2, -0.15) is 0 Å². The maximum atomic E-state index is 2.49. The fourth-order valence-electron chi connectivity index (χ4n) is 2.79. The maximum absolute atomic E-state index is 2.49. The highest BCUT2D eigenvalue weighted by molar-refractivity contribution is 5.17. The van der Waals surface area contributed by atoms with Crippen LogP contribution in [0.4, 0.5) is 0 Å². The van der Waals surface area contributed by atoms with Gasteiger partial charge >= 0.3 is 0 Å². The highest BCUT2D eigenvalue weighted by Crippen LogP contribution is 2.15. The molecule has 0 aromatic heterocycles. The largest absolute Gasteiger partial charge is 0.0874 e. The maximum Gasteiger partial charge on any atom is -0.0282 e. The number of allylic oxidation sites excluding steroid dienone is 4. The molecule has 0 spiro atoms. The van der Waals surface area contributed by atoms with Crippen LogP contribution >= 0.6 is 0 Å². The molecule has 124 valence electrons. The van der Waals surface area contributed by atoms with Crippen molar-refractivity contribution in [1.82, 2.24) is 0 Å². The average molecular weight is 293 g/mol. The third-order valence-electron chi connectivity index (χ3n) is 4.16. The van der Waals surface area contributed by atoms with Gasteiger partial charge in [-0.3, -0.25) is 0 Å². The summed E-state index contributed by atoms with van der Waals surface area (Å²) in [6, 6.07) is 0. The molecule has 0 N–H and O–H groups in total. The van der Waals surface area contributed by atoms with Crippen LogP contribution in [0.15, 0.2) is 23.8 Å². The van der Waals surface area contributed by atoms with E-state index in [-0.39, 0.29) is 0 Å². The number of rotatable bonds is 15. The van der Waals surface area contributed by atoms with Crippen molar-refractivity contribution in [2.45, 2.75) is 111 Å². The van der Waals surface area contributed by atoms with Crippen molar-refractivity contribution >= 4 is 0 Å². The predicted octanol–water partition coefficient (Wildman–Crippen LogP) is 7.99. The lowest BCUT2D eigenvalue weighted by Gasteiger charge is -2.04. The van der Waals surface area contributed by atoms with Gasteiger partial charge in [0.2, 0.25) is 0 Å². The Balaban J connectivity index is 3.66. The van der Waals surface area contributed by atoms with Gasteiger partial charge in [0.05, 0.1) is 0 Å². The molecule has 0 radical (unpaired) electrons. The molecule has 21 heavy (non-hydrogen) atoms. The smallest absolute Gasteiger partial charge is 0.0282 e. The van der Waals surface area contributed by atoms with Crippen LogP contribution in [0.3, 0.4) is 0 Å². The van der Waals surface area contributed by atoms with E-state index in [0.29, 0.717) is 0 Å². The number of hydrogen-bond acceptors (Lipinski definition) is 0. The Morgan fingerprint density at radius 1 is 0.667 bits per heavy atom. The topological polar surface area (TPSA) is 0 Å². The third kappa shape index (κ3) is 15.7. The molecule has 0 aliphatic rings. The zero-order valence-electron chi connectivity index (χ0n) is 15.1. The first-order valence-corrected chi connectivity index (χ1v) is 9.66. The molecule has 0 amide bonds. The van der Waals surface area contributed by atoms with E-state index >= 15 is 0 Å². The van der Waals surface area contributed by atoms with E-state index in [9.17, 15) is 0 Å². The van der Waals surface area contributed by atoms with Crippen LogP contribution < -0.4 is 0 Å². The Morgan fingerprint density at radius 2 is 1.19 bits per heavy atom. The standard InChI is InChI=1S/C21H40/c1-4-7-9-11-13-15-17-20-21(18-6-3)19-16-14-12-10-8-5-2/h6,18,20H,4-5,7-17,19H2,1-3H3/b18-6+,21-20-. The molecule has 0 unspecified atom stereocenters. The predicted molar refractivity (Wildman–Crippen MR) is 98.9 cm³/mol. The first-order valence-electron chi connectivity index (χ1n) is 9.66. The van der Waals surface area contributed by atoms with Crippen molar-refractivity contribution in [3.05, 3.63) is 23.8 Å². The lowest BCUT2D eigenvalue weighted by Crippen LogP contribution is -1.84. The molecule has 0 aromatic rings. The van der Waals surface area contributed by atoms with Crippen molar-refractivity contribution in [2.75, 3.05) is 0 Å². The molecular weight excluding hydrogens is 252 g/mol. The first kappa shape index (κ1) is 20.5. The van der Waals surface area contributed by atoms with Crippen molar-refractivity contribution in [3.63, 3.8) is 0 Å². The lowest BCUT2D eigenvalue weighted by atomic mass is 10.0. The monoisotopic (exact) mass is 292 g/mol. The van der Waals surface area contributed by atoms with Gasteiger partial charge in [0.25, 0.3) is 0 Å². The molecule has 0 rings (SSSR count). The molecule has 0 aliphatic heterocycles. The van der Waals surface area contributed by atoms with Gasteiger partial charge in [0.1, 0.15) is 0 Å². The van der Waals surface area contributed by atoms with Gasteiger partial charge in [-0.25, -0.2) is 0 Å². The Bertz CT molecular complexity index is 247. The van der Waals surface area contributed by atoms with Gasteiger partial charge in [-0.1, -0.05) is 102 Å². The molecule has 0 bridgehead atoms. The van der Waals surface area contributed by atoms with Crippen LogP contribution in [0.1, 0.15) is 111 Å². The van der Waals surface area contributed by atoms with Gasteiger partial charge in [-0.05, 0) is 32.6 Å². The van der Waals surface area contributed by atoms with Crippen LogP contribution in [0, 0.1) is 0 Å². The second-order valence-electron chi connectivity index (χ2n) is 6.35. The number of hydrogen-bond donors (Lipinski definition) is 0. The summed E-state index contributed by atoms with van der Waals surface area (Å²) in [4.78, 5) is 0. The van der Waals surface area contributed by atoms with Crippen LogP contribution in [0.2, 0.25) is 0 Å². The second kappa shape index (κ2) is 17.5. The molecule has 0 heteroatoms. The molecule has 0 aliphatic carbocycles. The van der Waals surface area contributed by atoms with Crippen molar-refractivity contribution in [1.29, 1.82) is 0 Å². The van der Waals surface area contributed by atoms with Crippen LogP contribution in [-0.2, 0) is 0 Å². The van der Waals surface area contributed by atoms with Gasteiger partial charge in [0, 0.05) is 0 Å². The van der Waals surface area contributed by atoms with Crippen LogP contribution in [-0.4, -0.2) is 0 Å². The molecule has 0 fully saturated rings. The normalized spacial score (nSPS) is 12.4. The summed E-state index contributed by atoms with van der Waals surface area (Å²) in [5.41, 5.74) is 1.57. The summed E-state index contributed by atoms with van der Waals surface area (Å²) < 4.78 is 0. The summed E-state index contributed by atoms with van der Waals surface area (Å²) >= 11 is 0. The van der Waals surface area contributed by atoms with Crippen molar-refractivity contribution in [2.24, 2.45) is 0 Å². The molecule has 0 saturated carbocycles. The quantitative estimate of drug-likeness (QED) is 0.212. The van der Waals surface area contributed by atoms with Crippen LogP contribution in [0.5, 0.6) is 0 Å². The van der Waals surface area contributed by atoms with E-state index in [1.165, 1.54) is 89.9 Å². The van der Waals surface area contributed by atoms with E-state index in [1.54, 1.807) is 5.57 Å². The lowest BCUT2D eigenvalue weighted by molar-refractivity contribution is 0.603. The van der Waals surface area contributed by atoms with Gasteiger partial charge in [0.15, 0.2) is 0 Å². The highest BCUT2D eigenvalue weighted by Gasteiger charge is 1.95. The molecule has 0 heterocycles. The summed E-state index contributed by atoms with van der Waals surface area (Å²) in [6.45, 7) is 6.71. The molecule has 0 saturated heterocycles. The minimum Gasteiger partial charge on any atom is -0.0874 e. The average Bonchev–Trinajstić information content (AvgIpc) is 2.49. The first-order chi connectivity index (χ1) is 10.3. The van der Waals surface area contributed by atoms with Crippen molar-refractivity contribution in [3.8, 4) is 0 Å². The molecular formula is C21H40. The Morgan fingerprint density at radius 3 is 1.76 bits per heavy atom. The zero-order chi connectivity index (χ0) is 15.6. The second-order valence-corrected chi connectivity index (χ2v) is 6.35. The summed E-state index contributed by atoms with van der Waals surface area (Å²) in [7, 11) is 0. The van der Waals surface area contributed by atoms with E-state index in [2.05, 4.69) is 39.0 Å². The summed E-state index contributed by atoms with van der Waals surface area (Å²) in [6.07, 6.45) is 26.4. The SMILES string of the molecule is C/C=C/C(=C/CCCCCCCC)CCCCCCCC. The van der Waals surface area contributed by atoms with Gasteiger partial charge < -0.3 is 0 Å². The fourth-order valence-corrected chi connectivity index (χ4v) is 2.79. The minimum atomic E-state index is 1.28. The summed E-state index contributed by atoms with van der Waals surface area (Å²) in [5.74, 6) is 0. The number of unbranched alkanes of at least 4 members (excludes halogenated alkanes) is 11. The Labute approximate surface area is 135 Å². The molecule has 0 nitrogen and oxygen atoms in total. The van der Waals surface area contributed by atoms with E-state index in [4.69, 9.17) is 0 Å². The summed E-state index contributed by atoms with van der Waals surface area (Å²) in [5, 5.41) is 0. The third-order valence-corrected chi connectivity index (χ3v) is 4.16. The van der Waals surface area contributed by atoms with E-state index in [1.807, 2.05) is 0 Å². The highest BCUT2D eigenvalue weighted by atomic mass is 14.0. The van der Waals surface area contributed by atoms with Gasteiger partial charge in [-0.15, -0.1) is 0 Å².